The Kier molecular flexibility index (Phi) is 5.69. The lowest BCUT2D eigenvalue weighted by atomic mass is 10.2. The number of hydrogen-bond donors (Lipinski definition) is 1. The van der Waals surface area contributed by atoms with Crippen molar-refractivity contribution in [2.24, 2.45) is 0 Å². The Balaban J connectivity index is 3.38. The maximum Gasteiger partial charge on any atom is 0.335 e. The first-order valence-electron chi connectivity index (χ1n) is 6.01. The van der Waals surface area contributed by atoms with Crippen molar-refractivity contribution in [1.29, 1.82) is 0 Å². The van der Waals surface area contributed by atoms with Crippen molar-refractivity contribution < 1.29 is 23.1 Å². The van der Waals surface area contributed by atoms with Gasteiger partial charge in [-0.15, -0.1) is 13.2 Å². The van der Waals surface area contributed by atoms with Crippen LogP contribution in [0.15, 0.2) is 48.4 Å². The third kappa shape index (κ3) is 3.71. The van der Waals surface area contributed by atoms with Gasteiger partial charge < -0.3 is 9.84 Å². The molecule has 0 saturated heterocycles. The van der Waals surface area contributed by atoms with Crippen LogP contribution in [0.25, 0.3) is 0 Å². The second-order valence-electron chi connectivity index (χ2n) is 4.07. The molecule has 21 heavy (non-hydrogen) atoms. The Morgan fingerprint density at radius 1 is 1.33 bits per heavy atom. The highest BCUT2D eigenvalue weighted by Gasteiger charge is 2.26. The summed E-state index contributed by atoms with van der Waals surface area (Å²) in [7, 11) is -2.55. The second-order valence-corrected chi connectivity index (χ2v) is 5.98. The Labute approximate surface area is 124 Å². The van der Waals surface area contributed by atoms with Crippen LogP contribution in [0.1, 0.15) is 10.4 Å². The summed E-state index contributed by atoms with van der Waals surface area (Å²) in [5.74, 6) is -1.18. The molecule has 0 atom stereocenters. The van der Waals surface area contributed by atoms with Crippen molar-refractivity contribution in [2.45, 2.75) is 4.90 Å². The summed E-state index contributed by atoms with van der Waals surface area (Å²) in [4.78, 5) is 10.8. The number of benzene rings is 1. The molecular weight excluding hydrogens is 294 g/mol. The molecule has 0 saturated carbocycles. The van der Waals surface area contributed by atoms with Crippen molar-refractivity contribution in [3.8, 4) is 5.75 Å². The molecule has 7 heteroatoms. The van der Waals surface area contributed by atoms with Crippen molar-refractivity contribution in [2.75, 3.05) is 20.2 Å². The molecule has 0 aliphatic rings. The summed E-state index contributed by atoms with van der Waals surface area (Å²) < 4.78 is 31.3. The average molecular weight is 311 g/mol. The molecule has 0 radical (unpaired) electrons. The van der Waals surface area contributed by atoms with Gasteiger partial charge in [0.25, 0.3) is 0 Å². The lowest BCUT2D eigenvalue weighted by Crippen LogP contribution is -2.31. The van der Waals surface area contributed by atoms with Gasteiger partial charge >= 0.3 is 5.97 Å². The SMILES string of the molecule is C=CCN(CC=C)S(=O)(=O)c1ccc(C(=O)O)cc1OC. The third-order valence-corrected chi connectivity index (χ3v) is 4.56. The van der Waals surface area contributed by atoms with Crippen LogP contribution in [0.2, 0.25) is 0 Å². The average Bonchev–Trinajstić information content (AvgIpc) is 2.46. The molecule has 0 fully saturated rings. The zero-order valence-corrected chi connectivity index (χ0v) is 12.5. The van der Waals surface area contributed by atoms with Gasteiger partial charge in [-0.05, 0) is 18.2 Å². The van der Waals surface area contributed by atoms with Crippen LogP contribution >= 0.6 is 0 Å². The van der Waals surface area contributed by atoms with Gasteiger partial charge in [-0.3, -0.25) is 0 Å². The van der Waals surface area contributed by atoms with E-state index in [1.165, 1.54) is 37.5 Å². The van der Waals surface area contributed by atoms with Gasteiger partial charge in [0, 0.05) is 13.1 Å². The Morgan fingerprint density at radius 3 is 2.33 bits per heavy atom. The van der Waals surface area contributed by atoms with E-state index in [4.69, 9.17) is 9.84 Å². The fourth-order valence-electron chi connectivity index (χ4n) is 1.71. The molecule has 0 aromatic heterocycles. The first-order chi connectivity index (χ1) is 9.88. The molecule has 0 unspecified atom stereocenters. The first-order valence-corrected chi connectivity index (χ1v) is 7.45. The minimum absolute atomic E-state index is 0.0203. The molecule has 0 amide bonds. The van der Waals surface area contributed by atoms with Gasteiger partial charge in [0.15, 0.2) is 0 Å². The summed E-state index contributed by atoms with van der Waals surface area (Å²) in [6, 6.07) is 3.61. The lowest BCUT2D eigenvalue weighted by molar-refractivity contribution is 0.0696. The van der Waals surface area contributed by atoms with Crippen LogP contribution < -0.4 is 4.74 Å². The lowest BCUT2D eigenvalue weighted by Gasteiger charge is -2.20. The molecule has 1 N–H and O–H groups in total. The van der Waals surface area contributed by atoms with Crippen LogP contribution in [0.3, 0.4) is 0 Å². The summed E-state index contributed by atoms with van der Waals surface area (Å²) in [5.41, 5.74) is -0.0511. The minimum atomic E-state index is -3.84. The number of ether oxygens (including phenoxy) is 1. The monoisotopic (exact) mass is 311 g/mol. The van der Waals surface area contributed by atoms with Gasteiger partial charge in [-0.1, -0.05) is 12.2 Å². The molecule has 1 aromatic rings. The molecule has 0 aliphatic heterocycles. The zero-order chi connectivity index (χ0) is 16.0. The van der Waals surface area contributed by atoms with E-state index in [1.807, 2.05) is 0 Å². The highest BCUT2D eigenvalue weighted by atomic mass is 32.2. The molecular formula is C14H17NO5S. The molecule has 0 spiro atoms. The van der Waals surface area contributed by atoms with Gasteiger partial charge in [-0.25, -0.2) is 13.2 Å². The Hall–Kier alpha value is -2.12. The van der Waals surface area contributed by atoms with E-state index >= 15 is 0 Å². The number of methoxy groups -OCH3 is 1. The molecule has 0 aliphatic carbocycles. The molecule has 0 heterocycles. The normalized spacial score (nSPS) is 11.1. The van der Waals surface area contributed by atoms with Crippen LogP contribution in [-0.2, 0) is 10.0 Å². The largest absolute Gasteiger partial charge is 0.495 e. The Morgan fingerprint density at radius 2 is 1.90 bits per heavy atom. The van der Waals surface area contributed by atoms with E-state index in [1.54, 1.807) is 0 Å². The van der Waals surface area contributed by atoms with Crippen LogP contribution in [0, 0.1) is 0 Å². The third-order valence-electron chi connectivity index (χ3n) is 2.69. The van der Waals surface area contributed by atoms with Gasteiger partial charge in [-0.2, -0.15) is 4.31 Å². The van der Waals surface area contributed by atoms with Crippen molar-refractivity contribution in [3.63, 3.8) is 0 Å². The van der Waals surface area contributed by atoms with E-state index in [2.05, 4.69) is 13.2 Å². The summed E-state index contributed by atoms with van der Waals surface area (Å²) in [5, 5.41) is 8.93. The minimum Gasteiger partial charge on any atom is -0.495 e. The van der Waals surface area contributed by atoms with Crippen LogP contribution in [-0.4, -0.2) is 44.0 Å². The van der Waals surface area contributed by atoms with Crippen molar-refractivity contribution in [1.82, 2.24) is 4.31 Å². The standard InChI is InChI=1S/C14H17NO5S/c1-4-8-15(9-5-2)21(18,19)13-7-6-11(14(16)17)10-12(13)20-3/h4-7,10H,1-2,8-9H2,3H3,(H,16,17). The smallest absolute Gasteiger partial charge is 0.335 e. The van der Waals surface area contributed by atoms with E-state index < -0.39 is 16.0 Å². The van der Waals surface area contributed by atoms with Crippen molar-refractivity contribution >= 4 is 16.0 Å². The van der Waals surface area contributed by atoms with Crippen molar-refractivity contribution in [3.05, 3.63) is 49.1 Å². The van der Waals surface area contributed by atoms with Crippen LogP contribution in [0.5, 0.6) is 5.75 Å². The maximum atomic E-state index is 12.6. The van der Waals surface area contributed by atoms with E-state index in [-0.39, 0.29) is 29.3 Å². The zero-order valence-electron chi connectivity index (χ0n) is 11.7. The molecule has 1 rings (SSSR count). The maximum absolute atomic E-state index is 12.6. The van der Waals surface area contributed by atoms with E-state index in [0.29, 0.717) is 0 Å². The number of aromatic carboxylic acids is 1. The summed E-state index contributed by atoms with van der Waals surface area (Å²) in [6.07, 6.45) is 2.91. The molecule has 114 valence electrons. The van der Waals surface area contributed by atoms with Gasteiger partial charge in [0.1, 0.15) is 10.6 Å². The predicted octanol–water partition coefficient (Wildman–Crippen LogP) is 1.76. The van der Waals surface area contributed by atoms with Gasteiger partial charge in [0.2, 0.25) is 10.0 Å². The van der Waals surface area contributed by atoms with E-state index in [0.717, 1.165) is 4.31 Å². The van der Waals surface area contributed by atoms with E-state index in [9.17, 15) is 13.2 Å². The summed E-state index contributed by atoms with van der Waals surface area (Å²) in [6.45, 7) is 7.26. The number of sulfonamides is 1. The fourth-order valence-corrected chi connectivity index (χ4v) is 3.23. The quantitative estimate of drug-likeness (QED) is 0.740. The predicted molar refractivity (Wildman–Crippen MR) is 79.1 cm³/mol. The molecule has 6 nitrogen and oxygen atoms in total. The molecule has 1 aromatic carbocycles. The number of nitrogens with zero attached hydrogens (tertiary/aromatic N) is 1. The van der Waals surface area contributed by atoms with Crippen LogP contribution in [0.4, 0.5) is 0 Å². The fraction of sp³-hybridized carbons (Fsp3) is 0.214. The highest BCUT2D eigenvalue weighted by molar-refractivity contribution is 7.89. The number of carbonyl (C=O) groups is 1. The molecule has 0 bridgehead atoms. The summed E-state index contributed by atoms with van der Waals surface area (Å²) >= 11 is 0. The highest BCUT2D eigenvalue weighted by Crippen LogP contribution is 2.28. The topological polar surface area (TPSA) is 83.9 Å². The number of carboxylic acids is 1. The number of hydrogen-bond acceptors (Lipinski definition) is 4. The number of rotatable bonds is 8. The number of carboxylic acid groups (broad SMARTS) is 1. The Bertz CT molecular complexity index is 641. The first kappa shape index (κ1) is 16.9. The van der Waals surface area contributed by atoms with Gasteiger partial charge in [0.05, 0.1) is 12.7 Å². The second kappa shape index (κ2) is 7.05.